The van der Waals surface area contributed by atoms with Crippen LogP contribution in [-0.2, 0) is 13.6 Å². The van der Waals surface area contributed by atoms with Gasteiger partial charge in [0.2, 0.25) is 5.95 Å². The number of rotatable bonds is 8. The van der Waals surface area contributed by atoms with E-state index in [2.05, 4.69) is 48.6 Å². The van der Waals surface area contributed by atoms with E-state index in [9.17, 15) is 10.1 Å². The fraction of sp³-hybridized carbons (Fsp3) is 0.235. The molecule has 6 rings (SSSR count). The Labute approximate surface area is 268 Å². The number of nitrogens with one attached hydrogen (secondary N) is 2. The van der Waals surface area contributed by atoms with Crippen LogP contribution >= 0.6 is 0 Å². The van der Waals surface area contributed by atoms with Crippen molar-refractivity contribution in [1.29, 1.82) is 5.26 Å². The fourth-order valence-corrected chi connectivity index (χ4v) is 5.30. The van der Waals surface area contributed by atoms with Gasteiger partial charge in [-0.15, -0.1) is 0 Å². The van der Waals surface area contributed by atoms with Gasteiger partial charge in [0.15, 0.2) is 5.82 Å². The summed E-state index contributed by atoms with van der Waals surface area (Å²) < 4.78 is 1.74. The molecule has 0 atom stereocenters. The molecule has 3 aromatic heterocycles. The monoisotopic (exact) mass is 613 g/mol. The summed E-state index contributed by atoms with van der Waals surface area (Å²) >= 11 is 0. The van der Waals surface area contributed by atoms with Crippen molar-refractivity contribution in [3.63, 3.8) is 0 Å². The number of hydrogen-bond acceptors (Lipinski definition) is 9. The Morgan fingerprint density at radius 1 is 0.913 bits per heavy atom. The molecule has 46 heavy (non-hydrogen) atoms. The SMILES string of the molecule is CN1CCCN(c2nc(Nc3ccc(N(C(=O)NCc4ccccc4)c4ccc(-c5cnn(C)c5)cn4)cc3)ncc2C#N)CC1. The second kappa shape index (κ2) is 13.9. The van der Waals surface area contributed by atoms with Crippen molar-refractivity contribution in [3.8, 4) is 17.2 Å². The predicted molar refractivity (Wildman–Crippen MR) is 178 cm³/mol. The molecule has 5 aromatic rings. The molecule has 0 radical (unpaired) electrons. The lowest BCUT2D eigenvalue weighted by molar-refractivity contribution is 0.248. The van der Waals surface area contributed by atoms with Gasteiger partial charge in [-0.05, 0) is 62.0 Å². The number of likely N-dealkylation sites (N-methyl/N-ethyl adjacent to an activating group) is 1. The van der Waals surface area contributed by atoms with Crippen molar-refractivity contribution in [3.05, 3.63) is 103 Å². The van der Waals surface area contributed by atoms with E-state index in [0.717, 1.165) is 55.0 Å². The Hall–Kier alpha value is -5.80. The predicted octanol–water partition coefficient (Wildman–Crippen LogP) is 5.08. The molecule has 2 aromatic carbocycles. The number of aryl methyl sites for hydroxylation is 1. The number of amides is 2. The Morgan fingerprint density at radius 3 is 2.46 bits per heavy atom. The third-order valence-electron chi connectivity index (χ3n) is 7.79. The zero-order valence-corrected chi connectivity index (χ0v) is 25.8. The van der Waals surface area contributed by atoms with Gasteiger partial charge in [-0.2, -0.15) is 15.3 Å². The van der Waals surface area contributed by atoms with E-state index in [1.54, 1.807) is 28.2 Å². The summed E-state index contributed by atoms with van der Waals surface area (Å²) in [6.07, 6.45) is 7.99. The van der Waals surface area contributed by atoms with Gasteiger partial charge in [-0.3, -0.25) is 4.68 Å². The van der Waals surface area contributed by atoms with Crippen molar-refractivity contribution in [2.75, 3.05) is 48.3 Å². The average molecular weight is 614 g/mol. The van der Waals surface area contributed by atoms with E-state index in [0.29, 0.717) is 35.4 Å². The molecule has 0 aliphatic carbocycles. The number of aromatic nitrogens is 5. The Bertz CT molecular complexity index is 1820. The number of pyridine rings is 1. The lowest BCUT2D eigenvalue weighted by atomic mass is 10.1. The molecule has 1 fully saturated rings. The molecule has 0 unspecified atom stereocenters. The number of carbonyl (C=O) groups is 1. The normalized spacial score (nSPS) is 13.5. The molecule has 2 N–H and O–H groups in total. The van der Waals surface area contributed by atoms with Gasteiger partial charge in [-0.25, -0.2) is 19.7 Å². The zero-order chi connectivity index (χ0) is 31.9. The molecule has 0 saturated carbocycles. The first-order valence-corrected chi connectivity index (χ1v) is 15.1. The zero-order valence-electron chi connectivity index (χ0n) is 25.8. The average Bonchev–Trinajstić information content (AvgIpc) is 3.41. The van der Waals surface area contributed by atoms with Crippen LogP contribution in [0, 0.1) is 11.3 Å². The van der Waals surface area contributed by atoms with E-state index in [4.69, 9.17) is 4.98 Å². The van der Waals surface area contributed by atoms with Crippen LogP contribution < -0.4 is 20.4 Å². The number of hydrogen-bond donors (Lipinski definition) is 2. The van der Waals surface area contributed by atoms with Crippen molar-refractivity contribution in [2.24, 2.45) is 7.05 Å². The number of benzene rings is 2. The smallest absolute Gasteiger partial charge is 0.327 e. The maximum atomic E-state index is 13.6. The Balaban J connectivity index is 1.23. The highest BCUT2D eigenvalue weighted by molar-refractivity contribution is 5.98. The van der Waals surface area contributed by atoms with Crippen molar-refractivity contribution in [1.82, 2.24) is 34.9 Å². The summed E-state index contributed by atoms with van der Waals surface area (Å²) in [6, 6.07) is 22.8. The van der Waals surface area contributed by atoms with E-state index < -0.39 is 0 Å². The van der Waals surface area contributed by atoms with Crippen LogP contribution in [-0.4, -0.2) is 68.9 Å². The molecular formula is C34H35N11O. The van der Waals surface area contributed by atoms with Crippen molar-refractivity contribution < 1.29 is 4.79 Å². The molecule has 2 amide bonds. The molecule has 0 bridgehead atoms. The number of nitrogens with zero attached hydrogens (tertiary/aromatic N) is 9. The fourth-order valence-electron chi connectivity index (χ4n) is 5.30. The molecule has 12 nitrogen and oxygen atoms in total. The van der Waals surface area contributed by atoms with E-state index in [1.165, 1.54) is 0 Å². The van der Waals surface area contributed by atoms with Gasteiger partial charge in [-0.1, -0.05) is 30.3 Å². The summed E-state index contributed by atoms with van der Waals surface area (Å²) in [5.41, 5.74) is 4.64. The first-order chi connectivity index (χ1) is 22.5. The van der Waals surface area contributed by atoms with Gasteiger partial charge in [0.1, 0.15) is 17.5 Å². The second-order valence-corrected chi connectivity index (χ2v) is 11.1. The largest absolute Gasteiger partial charge is 0.354 e. The highest BCUT2D eigenvalue weighted by Gasteiger charge is 2.21. The van der Waals surface area contributed by atoms with Crippen LogP contribution in [0.3, 0.4) is 0 Å². The minimum atomic E-state index is -0.311. The molecular weight excluding hydrogens is 578 g/mol. The van der Waals surface area contributed by atoms with Gasteiger partial charge >= 0.3 is 6.03 Å². The van der Waals surface area contributed by atoms with Gasteiger partial charge in [0, 0.05) is 62.4 Å². The summed E-state index contributed by atoms with van der Waals surface area (Å²) in [7, 11) is 3.97. The van der Waals surface area contributed by atoms with Crippen LogP contribution in [0.2, 0.25) is 0 Å². The number of carbonyl (C=O) groups excluding carboxylic acids is 1. The molecule has 12 heteroatoms. The summed E-state index contributed by atoms with van der Waals surface area (Å²) in [6.45, 7) is 3.89. The number of anilines is 5. The van der Waals surface area contributed by atoms with Crippen LogP contribution in [0.15, 0.2) is 91.5 Å². The molecule has 1 aliphatic rings. The Kier molecular flexibility index (Phi) is 9.12. The highest BCUT2D eigenvalue weighted by Crippen LogP contribution is 2.29. The number of urea groups is 1. The van der Waals surface area contributed by atoms with Crippen LogP contribution in [0.5, 0.6) is 0 Å². The van der Waals surface area contributed by atoms with E-state index >= 15 is 0 Å². The summed E-state index contributed by atoms with van der Waals surface area (Å²) in [4.78, 5) is 33.4. The molecule has 1 saturated heterocycles. The third kappa shape index (κ3) is 7.11. The highest BCUT2D eigenvalue weighted by atomic mass is 16.2. The van der Waals surface area contributed by atoms with Gasteiger partial charge in [0.05, 0.1) is 18.1 Å². The lowest BCUT2D eigenvalue weighted by Gasteiger charge is -2.23. The summed E-state index contributed by atoms with van der Waals surface area (Å²) in [5, 5.41) is 20.2. The lowest BCUT2D eigenvalue weighted by Crippen LogP contribution is -2.37. The van der Waals surface area contributed by atoms with Crippen molar-refractivity contribution >= 4 is 35.0 Å². The minimum Gasteiger partial charge on any atom is -0.354 e. The molecule has 232 valence electrons. The van der Waals surface area contributed by atoms with E-state index in [-0.39, 0.29) is 6.03 Å². The maximum absolute atomic E-state index is 13.6. The third-order valence-corrected chi connectivity index (χ3v) is 7.79. The van der Waals surface area contributed by atoms with Crippen LogP contribution in [0.25, 0.3) is 11.1 Å². The first kappa shape index (κ1) is 30.2. The molecule has 1 aliphatic heterocycles. The maximum Gasteiger partial charge on any atom is 0.327 e. The second-order valence-electron chi connectivity index (χ2n) is 11.1. The van der Waals surface area contributed by atoms with Crippen LogP contribution in [0.1, 0.15) is 17.5 Å². The quantitative estimate of drug-likeness (QED) is 0.246. The van der Waals surface area contributed by atoms with Crippen LogP contribution in [0.4, 0.5) is 33.8 Å². The topological polar surface area (TPSA) is 131 Å². The molecule has 0 spiro atoms. The molecule has 4 heterocycles. The first-order valence-electron chi connectivity index (χ1n) is 15.1. The van der Waals surface area contributed by atoms with Crippen molar-refractivity contribution in [2.45, 2.75) is 13.0 Å². The minimum absolute atomic E-state index is 0.311. The van der Waals surface area contributed by atoms with Gasteiger partial charge in [0.25, 0.3) is 0 Å². The standard InChI is InChI=1S/C34H35N11O/c1-42-15-6-16-44(18-17-42)32-27(19-35)22-37-33(41-32)40-29-10-12-30(13-11-29)45(34(46)38-20-25-7-4-3-5-8-25)31-14-9-26(21-36-31)28-23-39-43(2)24-28/h3-5,7-14,21-24H,6,15-18,20H2,1-2H3,(H,38,46)(H,37,40,41). The summed E-state index contributed by atoms with van der Waals surface area (Å²) in [5.74, 6) is 1.50. The number of nitriles is 1. The Morgan fingerprint density at radius 2 is 1.74 bits per heavy atom. The van der Waals surface area contributed by atoms with Gasteiger partial charge < -0.3 is 20.4 Å². The van der Waals surface area contributed by atoms with E-state index in [1.807, 2.05) is 80.0 Å².